The second-order valence-corrected chi connectivity index (χ2v) is 7.18. The zero-order valence-corrected chi connectivity index (χ0v) is 17.4. The molecule has 1 fully saturated rings. The Bertz CT molecular complexity index is 758. The molecule has 1 aromatic heterocycles. The molecule has 0 bridgehead atoms. The molecule has 4 nitrogen and oxygen atoms in total. The Morgan fingerprint density at radius 3 is 2.56 bits per heavy atom. The van der Waals surface area contributed by atoms with Crippen LogP contribution in [-0.4, -0.2) is 24.0 Å². The molecular weight excluding hydrogens is 457 g/mol. The number of rotatable bonds is 4. The monoisotopic (exact) mass is 478 g/mol. The first-order valence-electron chi connectivity index (χ1n) is 7.83. The first-order chi connectivity index (χ1) is 11.5. The molecule has 1 aromatic carbocycles. The van der Waals surface area contributed by atoms with Gasteiger partial charge >= 0.3 is 0 Å². The van der Waals surface area contributed by atoms with Crippen LogP contribution < -0.4 is 10.6 Å². The standard InChI is InChI=1S/C17H20F2N4S.HI/c1-9-15(24-10(2)22-9)8-21-17(20-3)23-14-7-11(14)16-12(18)5-4-6-13(16)19;/h4-6,11,14H,7-8H2,1-3H3,(H2,20,21,23);1H. The third kappa shape index (κ3) is 4.66. The van der Waals surface area contributed by atoms with E-state index >= 15 is 0 Å². The van der Waals surface area contributed by atoms with Crippen LogP contribution >= 0.6 is 35.3 Å². The Labute approximate surface area is 167 Å². The van der Waals surface area contributed by atoms with E-state index in [1.165, 1.54) is 18.2 Å². The van der Waals surface area contributed by atoms with Crippen LogP contribution in [0.2, 0.25) is 0 Å². The minimum Gasteiger partial charge on any atom is -0.353 e. The van der Waals surface area contributed by atoms with Crippen LogP contribution in [0, 0.1) is 25.5 Å². The average molecular weight is 478 g/mol. The Hall–Kier alpha value is -1.29. The molecule has 1 saturated carbocycles. The second kappa shape index (κ2) is 8.39. The van der Waals surface area contributed by atoms with Gasteiger partial charge in [0.25, 0.3) is 0 Å². The molecule has 2 N–H and O–H groups in total. The number of guanidine groups is 1. The van der Waals surface area contributed by atoms with E-state index in [2.05, 4.69) is 20.6 Å². The lowest BCUT2D eigenvalue weighted by Gasteiger charge is -2.12. The fraction of sp³-hybridized carbons (Fsp3) is 0.412. The zero-order valence-electron chi connectivity index (χ0n) is 14.3. The summed E-state index contributed by atoms with van der Waals surface area (Å²) in [5.41, 5.74) is 1.18. The molecule has 1 heterocycles. The molecule has 1 aliphatic carbocycles. The van der Waals surface area contributed by atoms with Crippen molar-refractivity contribution in [2.45, 2.75) is 38.8 Å². The van der Waals surface area contributed by atoms with E-state index in [9.17, 15) is 8.78 Å². The summed E-state index contributed by atoms with van der Waals surface area (Å²) in [7, 11) is 1.68. The van der Waals surface area contributed by atoms with Gasteiger partial charge in [-0.1, -0.05) is 6.07 Å². The van der Waals surface area contributed by atoms with Crippen LogP contribution in [-0.2, 0) is 6.54 Å². The summed E-state index contributed by atoms with van der Waals surface area (Å²) >= 11 is 1.65. The molecule has 8 heteroatoms. The zero-order chi connectivity index (χ0) is 17.3. The molecule has 2 aromatic rings. The van der Waals surface area contributed by atoms with Crippen LogP contribution in [0.1, 0.15) is 33.5 Å². The third-order valence-electron chi connectivity index (χ3n) is 4.12. The highest BCUT2D eigenvalue weighted by Crippen LogP contribution is 2.43. The molecule has 2 unspecified atom stereocenters. The fourth-order valence-corrected chi connectivity index (χ4v) is 3.69. The van der Waals surface area contributed by atoms with E-state index < -0.39 is 11.6 Å². The SMILES string of the molecule is CN=C(NCc1sc(C)nc1C)NC1CC1c1c(F)cccc1F.I. The van der Waals surface area contributed by atoms with Gasteiger partial charge in [-0.2, -0.15) is 0 Å². The number of hydrogen-bond acceptors (Lipinski definition) is 3. The van der Waals surface area contributed by atoms with Crippen molar-refractivity contribution in [3.63, 3.8) is 0 Å². The largest absolute Gasteiger partial charge is 0.353 e. The van der Waals surface area contributed by atoms with Crippen LogP contribution in [0.25, 0.3) is 0 Å². The molecule has 0 amide bonds. The van der Waals surface area contributed by atoms with Gasteiger partial charge in [-0.25, -0.2) is 13.8 Å². The highest BCUT2D eigenvalue weighted by atomic mass is 127. The van der Waals surface area contributed by atoms with E-state index in [1.807, 2.05) is 13.8 Å². The number of nitrogens with zero attached hydrogens (tertiary/aromatic N) is 2. The minimum atomic E-state index is -0.483. The van der Waals surface area contributed by atoms with Crippen molar-refractivity contribution in [3.8, 4) is 0 Å². The molecule has 1 aliphatic rings. The van der Waals surface area contributed by atoms with Gasteiger partial charge in [-0.3, -0.25) is 4.99 Å². The number of benzene rings is 1. The lowest BCUT2D eigenvalue weighted by molar-refractivity contribution is 0.553. The van der Waals surface area contributed by atoms with Crippen LogP contribution in [0.4, 0.5) is 8.78 Å². The number of nitrogens with one attached hydrogen (secondary N) is 2. The average Bonchev–Trinajstić information content (AvgIpc) is 3.20. The van der Waals surface area contributed by atoms with Crippen molar-refractivity contribution in [1.29, 1.82) is 0 Å². The van der Waals surface area contributed by atoms with Crippen LogP contribution in [0.5, 0.6) is 0 Å². The van der Waals surface area contributed by atoms with E-state index in [0.717, 1.165) is 15.6 Å². The van der Waals surface area contributed by atoms with Crippen molar-refractivity contribution < 1.29 is 8.78 Å². The van der Waals surface area contributed by atoms with Gasteiger partial charge in [0, 0.05) is 29.4 Å². The molecule has 136 valence electrons. The molecule has 0 aliphatic heterocycles. The molecule has 25 heavy (non-hydrogen) atoms. The number of aryl methyl sites for hydroxylation is 2. The number of hydrogen-bond donors (Lipinski definition) is 2. The summed E-state index contributed by atoms with van der Waals surface area (Å²) in [4.78, 5) is 9.73. The highest BCUT2D eigenvalue weighted by molar-refractivity contribution is 14.0. The van der Waals surface area contributed by atoms with Gasteiger partial charge in [0.05, 0.1) is 17.2 Å². The number of aliphatic imine (C=N–C) groups is 1. The maximum Gasteiger partial charge on any atom is 0.191 e. The third-order valence-corrected chi connectivity index (χ3v) is 5.20. The predicted octanol–water partition coefficient (Wildman–Crippen LogP) is 3.88. The molecule has 3 rings (SSSR count). The maximum atomic E-state index is 13.8. The Kier molecular flexibility index (Phi) is 6.72. The van der Waals surface area contributed by atoms with Gasteiger partial charge in [0.1, 0.15) is 11.6 Å². The van der Waals surface area contributed by atoms with Crippen LogP contribution in [0.15, 0.2) is 23.2 Å². The quantitative estimate of drug-likeness (QED) is 0.399. The summed E-state index contributed by atoms with van der Waals surface area (Å²) in [6.07, 6.45) is 0.692. The van der Waals surface area contributed by atoms with E-state index in [1.54, 1.807) is 18.4 Å². The predicted molar refractivity (Wildman–Crippen MR) is 108 cm³/mol. The summed E-state index contributed by atoms with van der Waals surface area (Å²) in [5, 5.41) is 7.50. The lowest BCUT2D eigenvalue weighted by atomic mass is 10.1. The van der Waals surface area contributed by atoms with Crippen molar-refractivity contribution in [3.05, 3.63) is 51.0 Å². The second-order valence-electron chi connectivity index (χ2n) is 5.90. The van der Waals surface area contributed by atoms with Crippen molar-refractivity contribution >= 4 is 41.3 Å². The first kappa shape index (κ1) is 20.0. The Balaban J connectivity index is 0.00000225. The normalized spacial score (nSPS) is 19.3. The molecular formula is C17H21F2IN4S. The van der Waals surface area contributed by atoms with E-state index in [-0.39, 0.29) is 41.5 Å². The number of thiazole rings is 1. The van der Waals surface area contributed by atoms with Gasteiger partial charge in [-0.05, 0) is 32.4 Å². The number of aromatic nitrogens is 1. The summed E-state index contributed by atoms with van der Waals surface area (Å²) in [5.74, 6) is -0.493. The minimum absolute atomic E-state index is 0. The first-order valence-corrected chi connectivity index (χ1v) is 8.65. The smallest absolute Gasteiger partial charge is 0.191 e. The molecule has 0 radical (unpaired) electrons. The number of halogens is 3. The topological polar surface area (TPSA) is 49.3 Å². The van der Waals surface area contributed by atoms with Crippen molar-refractivity contribution in [1.82, 2.24) is 15.6 Å². The van der Waals surface area contributed by atoms with Gasteiger partial charge in [-0.15, -0.1) is 35.3 Å². The molecule has 0 saturated heterocycles. The fourth-order valence-electron chi connectivity index (χ4n) is 2.81. The summed E-state index contributed by atoms with van der Waals surface area (Å²) in [6.45, 7) is 4.59. The molecule has 0 spiro atoms. The van der Waals surface area contributed by atoms with E-state index in [4.69, 9.17) is 0 Å². The Morgan fingerprint density at radius 2 is 2.00 bits per heavy atom. The van der Waals surface area contributed by atoms with Gasteiger partial charge in [0.2, 0.25) is 0 Å². The van der Waals surface area contributed by atoms with Gasteiger partial charge < -0.3 is 10.6 Å². The van der Waals surface area contributed by atoms with Gasteiger partial charge in [0.15, 0.2) is 5.96 Å². The maximum absolute atomic E-state index is 13.8. The highest BCUT2D eigenvalue weighted by Gasteiger charge is 2.42. The summed E-state index contributed by atoms with van der Waals surface area (Å²) < 4.78 is 27.7. The molecule has 2 atom stereocenters. The van der Waals surface area contributed by atoms with Crippen molar-refractivity contribution in [2.24, 2.45) is 4.99 Å². The van der Waals surface area contributed by atoms with E-state index in [0.29, 0.717) is 18.9 Å². The van der Waals surface area contributed by atoms with Crippen molar-refractivity contribution in [2.75, 3.05) is 7.05 Å². The van der Waals surface area contributed by atoms with Crippen LogP contribution in [0.3, 0.4) is 0 Å². The summed E-state index contributed by atoms with van der Waals surface area (Å²) in [6, 6.07) is 3.98. The Morgan fingerprint density at radius 1 is 1.32 bits per heavy atom. The lowest BCUT2D eigenvalue weighted by Crippen LogP contribution is -2.38.